The summed E-state index contributed by atoms with van der Waals surface area (Å²) >= 11 is 0. The van der Waals surface area contributed by atoms with E-state index in [1.54, 1.807) is 7.11 Å². The number of fused-ring (bicyclic) bond motifs is 3. The van der Waals surface area contributed by atoms with Gasteiger partial charge in [-0.25, -0.2) is 4.99 Å². The van der Waals surface area contributed by atoms with Gasteiger partial charge in [0, 0.05) is 22.4 Å². The van der Waals surface area contributed by atoms with Crippen LogP contribution >= 0.6 is 0 Å². The third kappa shape index (κ3) is 3.07. The van der Waals surface area contributed by atoms with Crippen LogP contribution in [0, 0.1) is 0 Å². The number of hydrogen-bond donors (Lipinski definition) is 0. The average molecular weight is 376 g/mol. The van der Waals surface area contributed by atoms with E-state index in [2.05, 4.69) is 71.6 Å². The van der Waals surface area contributed by atoms with E-state index in [1.807, 2.05) is 36.4 Å². The first kappa shape index (κ1) is 17.3. The quantitative estimate of drug-likeness (QED) is 0.403. The van der Waals surface area contributed by atoms with Crippen LogP contribution < -0.4 is 9.64 Å². The van der Waals surface area contributed by atoms with Crippen LogP contribution in [0.3, 0.4) is 0 Å². The fraction of sp³-hybridized carbons (Fsp3) is 0.0385. The van der Waals surface area contributed by atoms with Gasteiger partial charge in [0.15, 0.2) is 0 Å². The monoisotopic (exact) mass is 376 g/mol. The Morgan fingerprint density at radius 3 is 2.14 bits per heavy atom. The van der Waals surface area contributed by atoms with Crippen molar-refractivity contribution in [2.45, 2.75) is 0 Å². The first-order valence-electron chi connectivity index (χ1n) is 9.62. The molecule has 0 radical (unpaired) electrons. The summed E-state index contributed by atoms with van der Waals surface area (Å²) < 4.78 is 5.50. The van der Waals surface area contributed by atoms with Crippen molar-refractivity contribution in [3.05, 3.63) is 109 Å². The molecule has 3 nitrogen and oxygen atoms in total. The zero-order valence-corrected chi connectivity index (χ0v) is 16.1. The van der Waals surface area contributed by atoms with Crippen LogP contribution in [0.5, 0.6) is 5.75 Å². The van der Waals surface area contributed by atoms with Crippen LogP contribution in [0.2, 0.25) is 0 Å². The molecule has 0 bridgehead atoms. The molecule has 1 aliphatic rings. The molecule has 29 heavy (non-hydrogen) atoms. The zero-order chi connectivity index (χ0) is 19.6. The van der Waals surface area contributed by atoms with Crippen LogP contribution in [0.15, 0.2) is 108 Å². The summed E-state index contributed by atoms with van der Waals surface area (Å²) in [5, 5.41) is 0. The number of benzene rings is 4. The second kappa shape index (κ2) is 7.28. The molecule has 1 aliphatic heterocycles. The summed E-state index contributed by atoms with van der Waals surface area (Å²) in [7, 11) is 1.69. The minimum absolute atomic E-state index is 0.822. The molecule has 0 unspecified atom stereocenters. The predicted molar refractivity (Wildman–Crippen MR) is 120 cm³/mol. The molecule has 3 heteroatoms. The van der Waals surface area contributed by atoms with E-state index < -0.39 is 0 Å². The van der Waals surface area contributed by atoms with E-state index >= 15 is 0 Å². The Bertz CT molecular complexity index is 1180. The Balaban J connectivity index is 1.85. The first-order chi connectivity index (χ1) is 14.3. The maximum Gasteiger partial charge on any atom is 0.145 e. The van der Waals surface area contributed by atoms with Crippen molar-refractivity contribution in [1.82, 2.24) is 0 Å². The third-order valence-electron chi connectivity index (χ3n) is 5.12. The van der Waals surface area contributed by atoms with Gasteiger partial charge in [-0.05, 0) is 36.4 Å². The molecule has 4 aromatic rings. The van der Waals surface area contributed by atoms with E-state index in [4.69, 9.17) is 9.73 Å². The summed E-state index contributed by atoms with van der Waals surface area (Å²) in [6.07, 6.45) is 0. The number of nitrogens with zero attached hydrogens (tertiary/aromatic N) is 2. The van der Waals surface area contributed by atoms with Gasteiger partial charge in [0.05, 0.1) is 18.5 Å². The summed E-state index contributed by atoms with van der Waals surface area (Å²) in [5.74, 6) is 1.72. The highest BCUT2D eigenvalue weighted by atomic mass is 16.5. The lowest BCUT2D eigenvalue weighted by Gasteiger charge is -2.27. The number of hydrogen-bond acceptors (Lipinski definition) is 3. The molecule has 0 atom stereocenters. The molecule has 0 saturated carbocycles. The van der Waals surface area contributed by atoms with Gasteiger partial charge in [0.2, 0.25) is 0 Å². The smallest absolute Gasteiger partial charge is 0.145 e. The highest BCUT2D eigenvalue weighted by Gasteiger charge is 2.25. The molecule has 1 heterocycles. The van der Waals surface area contributed by atoms with Crippen LogP contribution in [0.1, 0.15) is 5.56 Å². The molecule has 0 fully saturated rings. The molecule has 0 aromatic heterocycles. The van der Waals surface area contributed by atoms with Gasteiger partial charge in [0.25, 0.3) is 0 Å². The molecule has 5 rings (SSSR count). The lowest BCUT2D eigenvalue weighted by atomic mass is 10.0. The van der Waals surface area contributed by atoms with E-state index in [0.717, 1.165) is 45.3 Å². The second-order valence-electron chi connectivity index (χ2n) is 6.87. The lowest BCUT2D eigenvalue weighted by Crippen LogP contribution is -2.26. The number of anilines is 2. The molecular formula is C26H20N2O. The van der Waals surface area contributed by atoms with Crippen molar-refractivity contribution in [1.29, 1.82) is 0 Å². The minimum Gasteiger partial charge on any atom is -0.497 e. The van der Waals surface area contributed by atoms with Gasteiger partial charge in [-0.3, -0.25) is 4.90 Å². The summed E-state index contributed by atoms with van der Waals surface area (Å²) in [4.78, 5) is 7.38. The van der Waals surface area contributed by atoms with E-state index in [0.29, 0.717) is 0 Å². The zero-order valence-electron chi connectivity index (χ0n) is 16.1. The lowest BCUT2D eigenvalue weighted by molar-refractivity contribution is 0.415. The van der Waals surface area contributed by atoms with Crippen molar-refractivity contribution in [2.75, 3.05) is 12.0 Å². The Morgan fingerprint density at radius 2 is 1.38 bits per heavy atom. The standard InChI is InChI=1S/C26H20N2O/c1-29-21-16-17-24-23(18-21)22-14-8-9-15-25(22)28(20-12-6-3-7-13-20)26(27-24)19-10-4-2-5-11-19/h2-18H,1H3. The number of para-hydroxylation sites is 2. The summed E-state index contributed by atoms with van der Waals surface area (Å²) in [5.41, 5.74) is 6.34. The number of ether oxygens (including phenoxy) is 1. The van der Waals surface area contributed by atoms with Crippen molar-refractivity contribution in [3.63, 3.8) is 0 Å². The summed E-state index contributed by atoms with van der Waals surface area (Å²) in [6.45, 7) is 0. The maximum absolute atomic E-state index is 5.50. The largest absolute Gasteiger partial charge is 0.497 e. The number of methoxy groups -OCH3 is 1. The normalized spacial score (nSPS) is 12.4. The molecule has 0 N–H and O–H groups in total. The highest BCUT2D eigenvalue weighted by Crippen LogP contribution is 2.44. The first-order valence-corrected chi connectivity index (χ1v) is 9.62. The van der Waals surface area contributed by atoms with Gasteiger partial charge in [-0.1, -0.05) is 66.7 Å². The van der Waals surface area contributed by atoms with Gasteiger partial charge < -0.3 is 4.74 Å². The number of aliphatic imine (C=N–C) groups is 1. The summed E-state index contributed by atoms with van der Waals surface area (Å²) in [6, 6.07) is 35.2. The predicted octanol–water partition coefficient (Wildman–Crippen LogP) is 6.59. The fourth-order valence-electron chi connectivity index (χ4n) is 3.75. The number of rotatable bonds is 3. The average Bonchev–Trinajstić information content (AvgIpc) is 2.94. The molecule has 0 spiro atoms. The topological polar surface area (TPSA) is 24.8 Å². The minimum atomic E-state index is 0.822. The van der Waals surface area contributed by atoms with Crippen molar-refractivity contribution >= 4 is 22.9 Å². The van der Waals surface area contributed by atoms with Gasteiger partial charge in [-0.15, -0.1) is 0 Å². The third-order valence-corrected chi connectivity index (χ3v) is 5.12. The molecule has 0 aliphatic carbocycles. The number of amidine groups is 1. The maximum atomic E-state index is 5.50. The van der Waals surface area contributed by atoms with E-state index in [1.165, 1.54) is 0 Å². The van der Waals surface area contributed by atoms with Gasteiger partial charge >= 0.3 is 0 Å². The second-order valence-corrected chi connectivity index (χ2v) is 6.87. The Kier molecular flexibility index (Phi) is 4.34. The van der Waals surface area contributed by atoms with E-state index in [-0.39, 0.29) is 0 Å². The van der Waals surface area contributed by atoms with Crippen LogP contribution in [-0.4, -0.2) is 12.9 Å². The molecule has 4 aromatic carbocycles. The fourth-order valence-corrected chi connectivity index (χ4v) is 3.75. The molecular weight excluding hydrogens is 356 g/mol. The van der Waals surface area contributed by atoms with Gasteiger partial charge in [-0.2, -0.15) is 0 Å². The SMILES string of the molecule is COc1ccc2c(c1)-c1ccccc1N(c1ccccc1)C(c1ccccc1)=N2. The van der Waals surface area contributed by atoms with E-state index in [9.17, 15) is 0 Å². The van der Waals surface area contributed by atoms with Crippen LogP contribution in [0.4, 0.5) is 17.1 Å². The highest BCUT2D eigenvalue weighted by molar-refractivity contribution is 6.18. The van der Waals surface area contributed by atoms with Gasteiger partial charge in [0.1, 0.15) is 11.6 Å². The van der Waals surface area contributed by atoms with Crippen molar-refractivity contribution in [2.24, 2.45) is 4.99 Å². The molecule has 140 valence electrons. The Labute approximate surface area is 170 Å². The molecule has 0 saturated heterocycles. The van der Waals surface area contributed by atoms with Crippen molar-refractivity contribution < 1.29 is 4.74 Å². The molecule has 0 amide bonds. The Morgan fingerprint density at radius 1 is 0.690 bits per heavy atom. The van der Waals surface area contributed by atoms with Crippen molar-refractivity contribution in [3.8, 4) is 16.9 Å². The van der Waals surface area contributed by atoms with Crippen LogP contribution in [0.25, 0.3) is 11.1 Å². The van der Waals surface area contributed by atoms with Crippen LogP contribution in [-0.2, 0) is 0 Å². The Hall–Kier alpha value is -3.85.